The van der Waals surface area contributed by atoms with Crippen LogP contribution in [0.2, 0.25) is 0 Å². The van der Waals surface area contributed by atoms with Crippen LogP contribution in [0.1, 0.15) is 40.3 Å². The van der Waals surface area contributed by atoms with E-state index in [0.29, 0.717) is 41.8 Å². The van der Waals surface area contributed by atoms with Gasteiger partial charge in [0.05, 0.1) is 13.7 Å². The van der Waals surface area contributed by atoms with Gasteiger partial charge in [0.1, 0.15) is 28.7 Å². The molecule has 0 N–H and O–H groups in total. The molecule has 0 unspecified atom stereocenters. The molecule has 1 aromatic carbocycles. The van der Waals surface area contributed by atoms with Crippen molar-refractivity contribution in [2.24, 2.45) is 0 Å². The zero-order valence-corrected chi connectivity index (χ0v) is 13.6. The standard InChI is InChI=1S/C18H19F2NO3/c1-11-16(18(22)23-2)8-15(24-11)10-21(14-5-6-14)9-12-3-4-13(19)7-17(12)20/h3-4,7-8,14H,5-6,9-10H2,1-2H3. The van der Waals surface area contributed by atoms with E-state index < -0.39 is 17.6 Å². The molecule has 1 fully saturated rings. The zero-order chi connectivity index (χ0) is 17.3. The molecule has 4 nitrogen and oxygen atoms in total. The van der Waals surface area contributed by atoms with Crippen LogP contribution >= 0.6 is 0 Å². The van der Waals surface area contributed by atoms with E-state index >= 15 is 0 Å². The fourth-order valence-electron chi connectivity index (χ4n) is 2.76. The Balaban J connectivity index is 1.76. The molecule has 0 atom stereocenters. The molecule has 0 spiro atoms. The zero-order valence-electron chi connectivity index (χ0n) is 13.6. The number of rotatable bonds is 6. The van der Waals surface area contributed by atoms with Crippen LogP contribution in [-0.4, -0.2) is 24.0 Å². The molecule has 2 aromatic rings. The second kappa shape index (κ2) is 6.73. The van der Waals surface area contributed by atoms with Crippen LogP contribution in [0.15, 0.2) is 28.7 Å². The van der Waals surface area contributed by atoms with Gasteiger partial charge in [-0.25, -0.2) is 13.6 Å². The molecule has 0 amide bonds. The van der Waals surface area contributed by atoms with Crippen molar-refractivity contribution in [3.63, 3.8) is 0 Å². The molecule has 0 saturated heterocycles. The van der Waals surface area contributed by atoms with Gasteiger partial charge in [-0.2, -0.15) is 0 Å². The monoisotopic (exact) mass is 335 g/mol. The Kier molecular flexibility index (Phi) is 4.66. The summed E-state index contributed by atoms with van der Waals surface area (Å²) in [4.78, 5) is 13.7. The van der Waals surface area contributed by atoms with Crippen molar-refractivity contribution in [3.05, 3.63) is 58.5 Å². The van der Waals surface area contributed by atoms with Crippen molar-refractivity contribution in [2.75, 3.05) is 7.11 Å². The predicted octanol–water partition coefficient (Wildman–Crippen LogP) is 3.82. The minimum atomic E-state index is -0.585. The van der Waals surface area contributed by atoms with Gasteiger partial charge in [0.25, 0.3) is 0 Å². The Labute approximate surface area is 139 Å². The normalized spacial score (nSPS) is 14.2. The number of carbonyl (C=O) groups is 1. The van der Waals surface area contributed by atoms with Gasteiger partial charge < -0.3 is 9.15 Å². The summed E-state index contributed by atoms with van der Waals surface area (Å²) in [5, 5.41) is 0. The van der Waals surface area contributed by atoms with Gasteiger partial charge in [0.2, 0.25) is 0 Å². The van der Waals surface area contributed by atoms with Crippen molar-refractivity contribution < 1.29 is 22.7 Å². The number of furan rings is 1. The van der Waals surface area contributed by atoms with Crippen LogP contribution in [0.4, 0.5) is 8.78 Å². The van der Waals surface area contributed by atoms with Crippen molar-refractivity contribution >= 4 is 5.97 Å². The number of hydrogen-bond donors (Lipinski definition) is 0. The van der Waals surface area contributed by atoms with Crippen LogP contribution in [0.25, 0.3) is 0 Å². The van der Waals surface area contributed by atoms with E-state index in [1.54, 1.807) is 13.0 Å². The molecule has 1 aliphatic carbocycles. The number of nitrogens with zero attached hydrogens (tertiary/aromatic N) is 1. The van der Waals surface area contributed by atoms with Gasteiger partial charge in [-0.1, -0.05) is 6.07 Å². The summed E-state index contributed by atoms with van der Waals surface area (Å²) < 4.78 is 37.3. The first-order valence-corrected chi connectivity index (χ1v) is 7.83. The molecular formula is C18H19F2NO3. The number of esters is 1. The highest BCUT2D eigenvalue weighted by molar-refractivity contribution is 5.90. The lowest BCUT2D eigenvalue weighted by molar-refractivity contribution is 0.0599. The number of aryl methyl sites for hydroxylation is 1. The Hall–Kier alpha value is -2.21. The van der Waals surface area contributed by atoms with Crippen LogP contribution in [0, 0.1) is 18.6 Å². The van der Waals surface area contributed by atoms with Crippen molar-refractivity contribution in [3.8, 4) is 0 Å². The maximum absolute atomic E-state index is 13.9. The van der Waals surface area contributed by atoms with Gasteiger partial charge in [-0.15, -0.1) is 0 Å². The minimum Gasteiger partial charge on any atom is -0.465 e. The van der Waals surface area contributed by atoms with E-state index in [0.717, 1.165) is 18.9 Å². The number of benzene rings is 1. The molecule has 1 aliphatic rings. The maximum Gasteiger partial charge on any atom is 0.341 e. The van der Waals surface area contributed by atoms with Crippen LogP contribution < -0.4 is 0 Å². The molecule has 128 valence electrons. The summed E-state index contributed by atoms with van der Waals surface area (Å²) in [7, 11) is 1.32. The van der Waals surface area contributed by atoms with E-state index in [4.69, 9.17) is 9.15 Å². The first-order chi connectivity index (χ1) is 11.5. The third kappa shape index (κ3) is 3.64. The fourth-order valence-corrected chi connectivity index (χ4v) is 2.76. The first kappa shape index (κ1) is 16.6. The molecule has 1 heterocycles. The molecule has 0 radical (unpaired) electrons. The third-order valence-electron chi connectivity index (χ3n) is 4.18. The maximum atomic E-state index is 13.9. The van der Waals surface area contributed by atoms with Crippen molar-refractivity contribution in [2.45, 2.75) is 38.9 Å². The van der Waals surface area contributed by atoms with Crippen LogP contribution in [0.5, 0.6) is 0 Å². The van der Waals surface area contributed by atoms with Crippen LogP contribution in [0.3, 0.4) is 0 Å². The molecular weight excluding hydrogens is 316 g/mol. The highest BCUT2D eigenvalue weighted by atomic mass is 19.1. The Morgan fingerprint density at radius 3 is 2.67 bits per heavy atom. The predicted molar refractivity (Wildman–Crippen MR) is 83.4 cm³/mol. The van der Waals surface area contributed by atoms with E-state index in [1.165, 1.54) is 19.2 Å². The van der Waals surface area contributed by atoms with Gasteiger partial charge in [-0.3, -0.25) is 4.90 Å². The molecule has 0 bridgehead atoms. The molecule has 24 heavy (non-hydrogen) atoms. The van der Waals surface area contributed by atoms with Gasteiger partial charge in [0.15, 0.2) is 0 Å². The molecule has 3 rings (SSSR count). The SMILES string of the molecule is COC(=O)c1cc(CN(Cc2ccc(F)cc2F)C2CC2)oc1C. The van der Waals surface area contributed by atoms with E-state index in [1.807, 2.05) is 0 Å². The summed E-state index contributed by atoms with van der Waals surface area (Å²) in [6.07, 6.45) is 2.07. The fraction of sp³-hybridized carbons (Fsp3) is 0.389. The van der Waals surface area contributed by atoms with Crippen molar-refractivity contribution in [1.82, 2.24) is 4.90 Å². The summed E-state index contributed by atoms with van der Waals surface area (Å²) in [6, 6.07) is 5.63. The summed E-state index contributed by atoms with van der Waals surface area (Å²) in [5.41, 5.74) is 0.843. The molecule has 1 saturated carbocycles. The second-order valence-corrected chi connectivity index (χ2v) is 6.05. The van der Waals surface area contributed by atoms with E-state index in [-0.39, 0.29) is 0 Å². The number of halogens is 2. The largest absolute Gasteiger partial charge is 0.465 e. The number of ether oxygens (including phenoxy) is 1. The van der Waals surface area contributed by atoms with Gasteiger partial charge in [-0.05, 0) is 31.9 Å². The third-order valence-corrected chi connectivity index (χ3v) is 4.18. The summed E-state index contributed by atoms with van der Waals surface area (Å²) in [5.74, 6) is -0.446. The summed E-state index contributed by atoms with van der Waals surface area (Å²) >= 11 is 0. The average molecular weight is 335 g/mol. The Morgan fingerprint density at radius 2 is 2.04 bits per heavy atom. The highest BCUT2D eigenvalue weighted by Gasteiger charge is 2.30. The molecule has 1 aromatic heterocycles. The van der Waals surface area contributed by atoms with Gasteiger partial charge >= 0.3 is 5.97 Å². The molecule has 0 aliphatic heterocycles. The minimum absolute atomic E-state index is 0.349. The Morgan fingerprint density at radius 1 is 1.29 bits per heavy atom. The van der Waals surface area contributed by atoms with Crippen molar-refractivity contribution in [1.29, 1.82) is 0 Å². The number of hydrogen-bond acceptors (Lipinski definition) is 4. The average Bonchev–Trinajstić information content (AvgIpc) is 3.32. The Bertz CT molecular complexity index is 753. The van der Waals surface area contributed by atoms with E-state index in [2.05, 4.69) is 4.90 Å². The lowest BCUT2D eigenvalue weighted by atomic mass is 10.2. The lowest BCUT2D eigenvalue weighted by Crippen LogP contribution is -2.25. The first-order valence-electron chi connectivity index (χ1n) is 7.83. The number of carbonyl (C=O) groups excluding carboxylic acids is 1. The quantitative estimate of drug-likeness (QED) is 0.753. The van der Waals surface area contributed by atoms with Gasteiger partial charge in [0, 0.05) is 24.2 Å². The topological polar surface area (TPSA) is 42.7 Å². The smallest absolute Gasteiger partial charge is 0.341 e. The van der Waals surface area contributed by atoms with Crippen LogP contribution in [-0.2, 0) is 17.8 Å². The second-order valence-electron chi connectivity index (χ2n) is 6.05. The number of methoxy groups -OCH3 is 1. The molecule has 6 heteroatoms. The highest BCUT2D eigenvalue weighted by Crippen LogP contribution is 2.31. The summed E-state index contributed by atoms with van der Waals surface area (Å²) in [6.45, 7) is 2.53. The van der Waals surface area contributed by atoms with E-state index in [9.17, 15) is 13.6 Å². The lowest BCUT2D eigenvalue weighted by Gasteiger charge is -2.21.